The van der Waals surface area contributed by atoms with Crippen LogP contribution in [0.25, 0.3) is 11.0 Å². The summed E-state index contributed by atoms with van der Waals surface area (Å²) < 4.78 is 15.7. The number of aromatic nitrogens is 2. The second-order valence-electron chi connectivity index (χ2n) is 4.09. The summed E-state index contributed by atoms with van der Waals surface area (Å²) in [6, 6.07) is 5.13. The zero-order valence-corrected chi connectivity index (χ0v) is 10.3. The topological polar surface area (TPSA) is 29.9 Å². The maximum atomic E-state index is 13.6. The molecule has 0 spiro atoms. The fourth-order valence-electron chi connectivity index (χ4n) is 2.13. The van der Waals surface area contributed by atoms with Crippen molar-refractivity contribution in [1.82, 2.24) is 14.9 Å². The Hall–Kier alpha value is -1.42. The van der Waals surface area contributed by atoms with Crippen LogP contribution in [-0.4, -0.2) is 23.1 Å². The lowest BCUT2D eigenvalue weighted by atomic mass is 10.3. The maximum absolute atomic E-state index is 13.6. The summed E-state index contributed by atoms with van der Waals surface area (Å²) in [4.78, 5) is 4.42. The Bertz CT molecular complexity index is 505. The lowest BCUT2D eigenvalue weighted by Crippen LogP contribution is -2.10. The molecule has 92 valence electrons. The predicted octanol–water partition coefficient (Wildman–Crippen LogP) is 2.35. The van der Waals surface area contributed by atoms with Gasteiger partial charge in [-0.05, 0) is 39.1 Å². The minimum absolute atomic E-state index is 0.232. The van der Waals surface area contributed by atoms with Gasteiger partial charge in [-0.2, -0.15) is 0 Å². The van der Waals surface area contributed by atoms with Crippen molar-refractivity contribution in [2.45, 2.75) is 26.3 Å². The Morgan fingerprint density at radius 3 is 2.94 bits per heavy atom. The van der Waals surface area contributed by atoms with Gasteiger partial charge >= 0.3 is 0 Å². The molecular formula is C13H18FN3. The van der Waals surface area contributed by atoms with Gasteiger partial charge < -0.3 is 9.88 Å². The van der Waals surface area contributed by atoms with Crippen molar-refractivity contribution in [3.63, 3.8) is 0 Å². The van der Waals surface area contributed by atoms with E-state index in [1.807, 2.05) is 13.1 Å². The molecule has 0 saturated carbocycles. The first-order valence-corrected chi connectivity index (χ1v) is 6.06. The molecule has 0 aliphatic rings. The number of benzene rings is 1. The average molecular weight is 235 g/mol. The first-order valence-electron chi connectivity index (χ1n) is 6.06. The lowest BCUT2D eigenvalue weighted by molar-refractivity contribution is 0.636. The number of para-hydroxylation sites is 1. The van der Waals surface area contributed by atoms with Gasteiger partial charge in [-0.25, -0.2) is 9.37 Å². The van der Waals surface area contributed by atoms with Crippen molar-refractivity contribution < 1.29 is 4.39 Å². The second-order valence-corrected chi connectivity index (χ2v) is 4.09. The van der Waals surface area contributed by atoms with Crippen molar-refractivity contribution in [2.75, 3.05) is 13.6 Å². The Balaban J connectivity index is 2.38. The first-order chi connectivity index (χ1) is 8.27. The highest BCUT2D eigenvalue weighted by Crippen LogP contribution is 2.19. The van der Waals surface area contributed by atoms with Gasteiger partial charge in [-0.3, -0.25) is 0 Å². The molecule has 17 heavy (non-hydrogen) atoms. The highest BCUT2D eigenvalue weighted by atomic mass is 19.1. The van der Waals surface area contributed by atoms with E-state index in [-0.39, 0.29) is 5.82 Å². The second kappa shape index (κ2) is 5.27. The predicted molar refractivity (Wildman–Crippen MR) is 67.6 cm³/mol. The molecule has 1 N–H and O–H groups in total. The molecular weight excluding hydrogens is 217 g/mol. The molecule has 1 aromatic carbocycles. The SMILES string of the molecule is CCn1c(CCCNC)nc2c(F)cccc21. The van der Waals surface area contributed by atoms with E-state index in [1.54, 1.807) is 6.07 Å². The third-order valence-corrected chi connectivity index (χ3v) is 2.95. The van der Waals surface area contributed by atoms with E-state index in [4.69, 9.17) is 0 Å². The first kappa shape index (κ1) is 12.0. The summed E-state index contributed by atoms with van der Waals surface area (Å²) >= 11 is 0. The van der Waals surface area contributed by atoms with Crippen LogP contribution in [0, 0.1) is 5.82 Å². The minimum atomic E-state index is -0.232. The van der Waals surface area contributed by atoms with Crippen LogP contribution in [0.15, 0.2) is 18.2 Å². The van der Waals surface area contributed by atoms with Gasteiger partial charge in [0.2, 0.25) is 0 Å². The van der Waals surface area contributed by atoms with Crippen LogP contribution >= 0.6 is 0 Å². The normalized spacial score (nSPS) is 11.2. The number of fused-ring (bicyclic) bond motifs is 1. The molecule has 1 aromatic heterocycles. The van der Waals surface area contributed by atoms with Gasteiger partial charge in [0.05, 0.1) is 5.52 Å². The molecule has 1 heterocycles. The van der Waals surface area contributed by atoms with Crippen molar-refractivity contribution in [1.29, 1.82) is 0 Å². The van der Waals surface area contributed by atoms with Crippen molar-refractivity contribution in [2.24, 2.45) is 0 Å². The van der Waals surface area contributed by atoms with Crippen LogP contribution in [0.5, 0.6) is 0 Å². The Labute approximate surface area is 101 Å². The molecule has 0 saturated heterocycles. The highest BCUT2D eigenvalue weighted by Gasteiger charge is 2.11. The molecule has 0 atom stereocenters. The average Bonchev–Trinajstić information content (AvgIpc) is 2.69. The highest BCUT2D eigenvalue weighted by molar-refractivity contribution is 5.76. The van der Waals surface area contributed by atoms with E-state index >= 15 is 0 Å². The number of hydrogen-bond donors (Lipinski definition) is 1. The molecule has 0 fully saturated rings. The molecule has 0 amide bonds. The van der Waals surface area contributed by atoms with Gasteiger partial charge in [0.15, 0.2) is 5.82 Å². The molecule has 4 heteroatoms. The quantitative estimate of drug-likeness (QED) is 0.806. The molecule has 3 nitrogen and oxygen atoms in total. The number of halogens is 1. The van der Waals surface area contributed by atoms with E-state index < -0.39 is 0 Å². The number of aryl methyl sites for hydroxylation is 2. The van der Waals surface area contributed by atoms with E-state index in [0.717, 1.165) is 37.3 Å². The van der Waals surface area contributed by atoms with Crippen molar-refractivity contribution in [3.05, 3.63) is 29.8 Å². The fourth-order valence-corrected chi connectivity index (χ4v) is 2.13. The van der Waals surface area contributed by atoms with Gasteiger partial charge in [-0.15, -0.1) is 0 Å². The number of imidazole rings is 1. The number of nitrogens with zero attached hydrogens (tertiary/aromatic N) is 2. The van der Waals surface area contributed by atoms with Crippen molar-refractivity contribution >= 4 is 11.0 Å². The van der Waals surface area contributed by atoms with Crippen LogP contribution in [0.2, 0.25) is 0 Å². The summed E-state index contributed by atoms with van der Waals surface area (Å²) in [7, 11) is 1.93. The third-order valence-electron chi connectivity index (χ3n) is 2.95. The van der Waals surface area contributed by atoms with E-state index in [9.17, 15) is 4.39 Å². The van der Waals surface area contributed by atoms with Crippen molar-refractivity contribution in [3.8, 4) is 0 Å². The summed E-state index contributed by atoms with van der Waals surface area (Å²) in [5.74, 6) is 0.743. The lowest BCUT2D eigenvalue weighted by Gasteiger charge is -2.05. The largest absolute Gasteiger partial charge is 0.328 e. The maximum Gasteiger partial charge on any atom is 0.151 e. The molecule has 0 aliphatic carbocycles. The third kappa shape index (κ3) is 2.31. The summed E-state index contributed by atoms with van der Waals surface area (Å²) in [6.45, 7) is 3.85. The zero-order chi connectivity index (χ0) is 12.3. The van der Waals surface area contributed by atoms with Crippen LogP contribution in [0.1, 0.15) is 19.2 Å². The molecule has 0 unspecified atom stereocenters. The Morgan fingerprint density at radius 2 is 2.24 bits per heavy atom. The summed E-state index contributed by atoms with van der Waals surface area (Å²) in [5, 5.41) is 3.11. The number of rotatable bonds is 5. The van der Waals surface area contributed by atoms with E-state index in [1.165, 1.54) is 6.07 Å². The molecule has 0 aliphatic heterocycles. The van der Waals surface area contributed by atoms with Gasteiger partial charge in [0.25, 0.3) is 0 Å². The fraction of sp³-hybridized carbons (Fsp3) is 0.462. The van der Waals surface area contributed by atoms with E-state index in [0.29, 0.717) is 5.52 Å². The number of hydrogen-bond acceptors (Lipinski definition) is 2. The summed E-state index contributed by atoms with van der Waals surface area (Å²) in [5.41, 5.74) is 1.39. The Kier molecular flexibility index (Phi) is 3.74. The zero-order valence-electron chi connectivity index (χ0n) is 10.3. The Morgan fingerprint density at radius 1 is 1.41 bits per heavy atom. The summed E-state index contributed by atoms with van der Waals surface area (Å²) in [6.07, 6.45) is 1.89. The number of nitrogens with one attached hydrogen (secondary N) is 1. The van der Waals surface area contributed by atoms with Gasteiger partial charge in [0, 0.05) is 13.0 Å². The minimum Gasteiger partial charge on any atom is -0.328 e. The van der Waals surface area contributed by atoms with Crippen LogP contribution in [0.3, 0.4) is 0 Å². The smallest absolute Gasteiger partial charge is 0.151 e. The van der Waals surface area contributed by atoms with Gasteiger partial charge in [0.1, 0.15) is 11.3 Å². The van der Waals surface area contributed by atoms with Gasteiger partial charge in [-0.1, -0.05) is 6.07 Å². The molecule has 2 rings (SSSR count). The molecule has 0 radical (unpaired) electrons. The van der Waals surface area contributed by atoms with E-state index in [2.05, 4.69) is 21.8 Å². The molecule has 2 aromatic rings. The standard InChI is InChI=1S/C13H18FN3/c1-3-17-11-7-4-6-10(14)13(11)16-12(17)8-5-9-15-2/h4,6-7,15H,3,5,8-9H2,1-2H3. The van der Waals surface area contributed by atoms with Crippen LogP contribution in [-0.2, 0) is 13.0 Å². The monoisotopic (exact) mass is 235 g/mol. The molecule has 0 bridgehead atoms. The van der Waals surface area contributed by atoms with Crippen LogP contribution in [0.4, 0.5) is 4.39 Å². The van der Waals surface area contributed by atoms with Crippen LogP contribution < -0.4 is 5.32 Å².